The Balaban J connectivity index is 1.59. The molecule has 0 bridgehead atoms. The van der Waals surface area contributed by atoms with E-state index in [0.717, 1.165) is 0 Å². The van der Waals surface area contributed by atoms with Gasteiger partial charge in [0.2, 0.25) is 0 Å². The summed E-state index contributed by atoms with van der Waals surface area (Å²) >= 11 is 0. The third kappa shape index (κ3) is 2.90. The lowest BCUT2D eigenvalue weighted by atomic mass is 10.2. The van der Waals surface area contributed by atoms with Gasteiger partial charge in [0.1, 0.15) is 16.8 Å². The fourth-order valence-corrected chi connectivity index (χ4v) is 2.63. The van der Waals surface area contributed by atoms with Crippen molar-refractivity contribution in [3.8, 4) is 11.5 Å². The van der Waals surface area contributed by atoms with Crippen LogP contribution in [0.1, 0.15) is 23.2 Å². The minimum atomic E-state index is -0.504. The third-order valence-corrected chi connectivity index (χ3v) is 3.93. The predicted molar refractivity (Wildman–Crippen MR) is 96.1 cm³/mol. The van der Waals surface area contributed by atoms with Crippen molar-refractivity contribution in [2.45, 2.75) is 13.3 Å². The molecule has 1 amide bonds. The summed E-state index contributed by atoms with van der Waals surface area (Å²) in [7, 11) is 0. The van der Waals surface area contributed by atoms with Crippen LogP contribution in [-0.2, 0) is 6.42 Å². The molecular formula is C19H15N3O4. The van der Waals surface area contributed by atoms with Crippen molar-refractivity contribution in [1.29, 1.82) is 0 Å². The van der Waals surface area contributed by atoms with Crippen LogP contribution in [0.15, 0.2) is 62.4 Å². The maximum Gasteiger partial charge on any atom is 0.261 e. The number of nitrogens with one attached hydrogen (secondary N) is 2. The molecule has 1 aromatic carbocycles. The van der Waals surface area contributed by atoms with Crippen molar-refractivity contribution in [2.75, 3.05) is 5.32 Å². The minimum Gasteiger partial charge on any atom is -0.463 e. The molecular weight excluding hydrogens is 334 g/mol. The van der Waals surface area contributed by atoms with Crippen LogP contribution in [0.5, 0.6) is 0 Å². The summed E-state index contributed by atoms with van der Waals surface area (Å²) < 4.78 is 10.8. The SMILES string of the molecule is CCc1nc2cc(NC(=O)c3ccc(-c4ccco4)[nH]c3=O)ccc2o1. The molecule has 0 spiro atoms. The van der Waals surface area contributed by atoms with Gasteiger partial charge in [0.25, 0.3) is 11.5 Å². The first kappa shape index (κ1) is 15.9. The van der Waals surface area contributed by atoms with Crippen LogP contribution in [0.2, 0.25) is 0 Å². The van der Waals surface area contributed by atoms with E-state index < -0.39 is 11.5 Å². The lowest BCUT2D eigenvalue weighted by Crippen LogP contribution is -2.23. The topological polar surface area (TPSA) is 101 Å². The molecule has 4 rings (SSSR count). The highest BCUT2D eigenvalue weighted by molar-refractivity contribution is 6.04. The maximum absolute atomic E-state index is 12.4. The van der Waals surface area contributed by atoms with Crippen LogP contribution >= 0.6 is 0 Å². The quantitative estimate of drug-likeness (QED) is 0.586. The molecule has 0 saturated carbocycles. The van der Waals surface area contributed by atoms with Crippen LogP contribution < -0.4 is 10.9 Å². The summed E-state index contributed by atoms with van der Waals surface area (Å²) in [5.74, 6) is 0.654. The summed E-state index contributed by atoms with van der Waals surface area (Å²) in [4.78, 5) is 31.6. The van der Waals surface area contributed by atoms with E-state index in [1.807, 2.05) is 6.92 Å². The van der Waals surface area contributed by atoms with E-state index in [2.05, 4.69) is 15.3 Å². The average Bonchev–Trinajstić information content (AvgIpc) is 3.30. The number of pyridine rings is 1. The molecule has 3 aromatic heterocycles. The molecule has 3 heterocycles. The van der Waals surface area contributed by atoms with Crippen molar-refractivity contribution in [3.63, 3.8) is 0 Å². The molecule has 0 aliphatic carbocycles. The first-order chi connectivity index (χ1) is 12.6. The summed E-state index contributed by atoms with van der Waals surface area (Å²) in [5.41, 5.74) is 1.87. The molecule has 0 unspecified atom stereocenters. The number of oxazole rings is 1. The zero-order chi connectivity index (χ0) is 18.1. The number of furan rings is 1. The summed E-state index contributed by atoms with van der Waals surface area (Å²) in [5, 5.41) is 2.71. The second-order valence-electron chi connectivity index (χ2n) is 5.69. The number of amides is 1. The highest BCUT2D eigenvalue weighted by Crippen LogP contribution is 2.21. The summed E-state index contributed by atoms with van der Waals surface area (Å²) in [6, 6.07) is 11.7. The number of aryl methyl sites for hydroxylation is 1. The Morgan fingerprint density at radius 2 is 2.12 bits per heavy atom. The number of nitrogens with zero attached hydrogens (tertiary/aromatic N) is 1. The van der Waals surface area contributed by atoms with Crippen molar-refractivity contribution in [3.05, 3.63) is 70.5 Å². The van der Waals surface area contributed by atoms with Gasteiger partial charge >= 0.3 is 0 Å². The number of hydrogen-bond acceptors (Lipinski definition) is 5. The standard InChI is InChI=1S/C19H15N3O4/c1-2-17-21-14-10-11(5-8-16(14)26-17)20-18(23)12-6-7-13(22-19(12)24)15-4-3-9-25-15/h3-10H,2H2,1H3,(H,20,23)(H,22,24). The van der Waals surface area contributed by atoms with E-state index in [-0.39, 0.29) is 5.56 Å². The van der Waals surface area contributed by atoms with Gasteiger partial charge in [-0.15, -0.1) is 0 Å². The van der Waals surface area contributed by atoms with Crippen molar-refractivity contribution >= 4 is 22.7 Å². The predicted octanol–water partition coefficient (Wildman–Crippen LogP) is 3.59. The first-order valence-electron chi connectivity index (χ1n) is 8.12. The van der Waals surface area contributed by atoms with Crippen molar-refractivity contribution in [1.82, 2.24) is 9.97 Å². The van der Waals surface area contributed by atoms with Crippen LogP contribution in [0, 0.1) is 0 Å². The lowest BCUT2D eigenvalue weighted by molar-refractivity contribution is 0.102. The van der Waals surface area contributed by atoms with Crippen LogP contribution in [0.25, 0.3) is 22.6 Å². The van der Waals surface area contributed by atoms with Crippen LogP contribution in [0.4, 0.5) is 5.69 Å². The molecule has 0 aliphatic heterocycles. The number of carbonyl (C=O) groups excluding carboxylic acids is 1. The molecule has 0 atom stereocenters. The highest BCUT2D eigenvalue weighted by atomic mass is 16.3. The smallest absolute Gasteiger partial charge is 0.261 e. The van der Waals surface area contributed by atoms with E-state index in [0.29, 0.717) is 40.6 Å². The van der Waals surface area contributed by atoms with Gasteiger partial charge in [0, 0.05) is 12.1 Å². The largest absolute Gasteiger partial charge is 0.463 e. The zero-order valence-electron chi connectivity index (χ0n) is 13.9. The Kier molecular flexibility index (Phi) is 3.89. The Morgan fingerprint density at radius 3 is 2.85 bits per heavy atom. The van der Waals surface area contributed by atoms with Gasteiger partial charge in [-0.25, -0.2) is 4.98 Å². The molecule has 0 aliphatic rings. The van der Waals surface area contributed by atoms with Crippen molar-refractivity contribution < 1.29 is 13.6 Å². The number of carbonyl (C=O) groups is 1. The molecule has 130 valence electrons. The van der Waals surface area contributed by atoms with E-state index >= 15 is 0 Å². The van der Waals surface area contributed by atoms with E-state index in [4.69, 9.17) is 8.83 Å². The Hall–Kier alpha value is -3.61. The highest BCUT2D eigenvalue weighted by Gasteiger charge is 2.13. The Labute approximate surface area is 147 Å². The second kappa shape index (κ2) is 6.36. The maximum atomic E-state index is 12.4. The van der Waals surface area contributed by atoms with Gasteiger partial charge in [-0.3, -0.25) is 9.59 Å². The van der Waals surface area contributed by atoms with Gasteiger partial charge < -0.3 is 19.1 Å². The van der Waals surface area contributed by atoms with Gasteiger partial charge in [-0.05, 0) is 42.5 Å². The fraction of sp³-hybridized carbons (Fsp3) is 0.105. The van der Waals surface area contributed by atoms with Gasteiger partial charge in [0.15, 0.2) is 11.5 Å². The van der Waals surface area contributed by atoms with Gasteiger partial charge in [-0.2, -0.15) is 0 Å². The number of rotatable bonds is 4. The van der Waals surface area contributed by atoms with Crippen LogP contribution in [0.3, 0.4) is 0 Å². The number of H-pyrrole nitrogens is 1. The number of fused-ring (bicyclic) bond motifs is 1. The van der Waals surface area contributed by atoms with Gasteiger partial charge in [0.05, 0.1) is 12.0 Å². The molecule has 0 saturated heterocycles. The number of anilines is 1. The Morgan fingerprint density at radius 1 is 1.23 bits per heavy atom. The first-order valence-corrected chi connectivity index (χ1v) is 8.12. The Bertz CT molecular complexity index is 1140. The van der Waals surface area contributed by atoms with E-state index in [1.54, 1.807) is 36.4 Å². The lowest BCUT2D eigenvalue weighted by Gasteiger charge is -2.05. The fourth-order valence-electron chi connectivity index (χ4n) is 2.63. The molecule has 0 fully saturated rings. The van der Waals surface area contributed by atoms with E-state index in [9.17, 15) is 9.59 Å². The normalized spacial score (nSPS) is 11.0. The summed E-state index contributed by atoms with van der Waals surface area (Å²) in [6.45, 7) is 1.95. The van der Waals surface area contributed by atoms with Crippen LogP contribution in [-0.4, -0.2) is 15.9 Å². The number of hydrogen-bond donors (Lipinski definition) is 2. The molecule has 7 heteroatoms. The zero-order valence-corrected chi connectivity index (χ0v) is 13.9. The third-order valence-electron chi connectivity index (χ3n) is 3.93. The van der Waals surface area contributed by atoms with Crippen molar-refractivity contribution in [2.24, 2.45) is 0 Å². The number of benzene rings is 1. The molecule has 2 N–H and O–H groups in total. The average molecular weight is 349 g/mol. The monoisotopic (exact) mass is 349 g/mol. The van der Waals surface area contributed by atoms with E-state index in [1.165, 1.54) is 12.3 Å². The minimum absolute atomic E-state index is 0.00908. The number of aromatic amines is 1. The summed E-state index contributed by atoms with van der Waals surface area (Å²) in [6.07, 6.45) is 2.20. The number of aromatic nitrogens is 2. The molecule has 4 aromatic rings. The molecule has 7 nitrogen and oxygen atoms in total. The van der Waals surface area contributed by atoms with Gasteiger partial charge in [-0.1, -0.05) is 6.92 Å². The second-order valence-corrected chi connectivity index (χ2v) is 5.69. The molecule has 0 radical (unpaired) electrons. The molecule has 26 heavy (non-hydrogen) atoms.